The number of hydrogen-bond donors (Lipinski definition) is 0. The number of carbonyl (C=O) groups excluding carboxylic acids is 1. The zero-order chi connectivity index (χ0) is 18.1. The molecule has 138 valence electrons. The highest BCUT2D eigenvalue weighted by atomic mass is 35.5. The summed E-state index contributed by atoms with van der Waals surface area (Å²) >= 11 is 7.80. The summed E-state index contributed by atoms with van der Waals surface area (Å²) in [5.74, 6) is 1.35. The van der Waals surface area contributed by atoms with Gasteiger partial charge in [-0.1, -0.05) is 36.4 Å². The Bertz CT molecular complexity index is 838. The topological polar surface area (TPSA) is 33.2 Å². The summed E-state index contributed by atoms with van der Waals surface area (Å²) < 4.78 is 0. The fourth-order valence-electron chi connectivity index (χ4n) is 4.22. The number of aromatic nitrogens is 1. The van der Waals surface area contributed by atoms with Gasteiger partial charge in [0.2, 0.25) is 5.91 Å². The highest BCUT2D eigenvalue weighted by Gasteiger charge is 2.23. The summed E-state index contributed by atoms with van der Waals surface area (Å²) in [5, 5.41) is 2.98. The Hall–Kier alpha value is -1.26. The number of halogens is 1. The number of amides is 1. The molecule has 0 saturated carbocycles. The predicted octanol–water partition coefficient (Wildman–Crippen LogP) is 5.12. The van der Waals surface area contributed by atoms with E-state index in [1.807, 2.05) is 17.0 Å². The fourth-order valence-corrected chi connectivity index (χ4v) is 5.40. The van der Waals surface area contributed by atoms with E-state index in [4.69, 9.17) is 16.6 Å². The van der Waals surface area contributed by atoms with Gasteiger partial charge in [0.05, 0.1) is 11.3 Å². The van der Waals surface area contributed by atoms with Crippen LogP contribution in [0.25, 0.3) is 10.9 Å². The molecule has 1 fully saturated rings. The van der Waals surface area contributed by atoms with Gasteiger partial charge in [-0.2, -0.15) is 0 Å². The number of nitrogens with zero attached hydrogens (tertiary/aromatic N) is 2. The summed E-state index contributed by atoms with van der Waals surface area (Å²) in [6.45, 7) is 4.04. The van der Waals surface area contributed by atoms with Crippen LogP contribution < -0.4 is 0 Å². The maximum atomic E-state index is 12.7. The number of benzene rings is 1. The van der Waals surface area contributed by atoms with Crippen LogP contribution in [0.5, 0.6) is 0 Å². The molecular formula is C21H25ClN2OS. The van der Waals surface area contributed by atoms with Crippen molar-refractivity contribution in [1.82, 2.24) is 9.88 Å². The van der Waals surface area contributed by atoms with Gasteiger partial charge >= 0.3 is 0 Å². The van der Waals surface area contributed by atoms with E-state index in [0.717, 1.165) is 47.9 Å². The van der Waals surface area contributed by atoms with Crippen LogP contribution in [0.1, 0.15) is 43.7 Å². The molecule has 0 N–H and O–H groups in total. The van der Waals surface area contributed by atoms with Crippen LogP contribution in [0.2, 0.25) is 5.02 Å². The monoisotopic (exact) mass is 388 g/mol. The summed E-state index contributed by atoms with van der Waals surface area (Å²) in [6.07, 6.45) is 6.96. The first-order chi connectivity index (χ1) is 12.6. The third kappa shape index (κ3) is 3.72. The zero-order valence-corrected chi connectivity index (χ0v) is 16.8. The molecule has 26 heavy (non-hydrogen) atoms. The van der Waals surface area contributed by atoms with Crippen molar-refractivity contribution < 1.29 is 4.79 Å². The molecule has 0 bridgehead atoms. The van der Waals surface area contributed by atoms with Crippen molar-refractivity contribution in [2.45, 2.75) is 50.5 Å². The van der Waals surface area contributed by atoms with E-state index >= 15 is 0 Å². The maximum Gasteiger partial charge on any atom is 0.232 e. The Morgan fingerprint density at radius 2 is 2.08 bits per heavy atom. The Labute approximate surface area is 164 Å². The van der Waals surface area contributed by atoms with Gasteiger partial charge in [0.25, 0.3) is 0 Å². The fraction of sp³-hybridized carbons (Fsp3) is 0.524. The molecule has 1 aliphatic carbocycles. The number of rotatable bonds is 3. The van der Waals surface area contributed by atoms with Crippen LogP contribution in [0.3, 0.4) is 0 Å². The standard InChI is InChI=1S/C21H25ClN2OS/c1-14-5-4-10-24(12-14)20(25)13-26-21-18-7-3-2-6-16(18)17-9-8-15(22)11-19(17)23-21/h8-9,11,14H,2-7,10,12-13H2,1H3. The largest absolute Gasteiger partial charge is 0.342 e. The Morgan fingerprint density at radius 1 is 1.27 bits per heavy atom. The number of aryl methyl sites for hydroxylation is 1. The molecule has 3 nitrogen and oxygen atoms in total. The second-order valence-electron chi connectivity index (χ2n) is 7.62. The Morgan fingerprint density at radius 3 is 2.88 bits per heavy atom. The number of carbonyl (C=O) groups is 1. The van der Waals surface area contributed by atoms with Crippen LogP contribution in [0.15, 0.2) is 23.2 Å². The lowest BCUT2D eigenvalue weighted by Gasteiger charge is -2.31. The van der Waals surface area contributed by atoms with Gasteiger partial charge in [-0.3, -0.25) is 4.79 Å². The zero-order valence-electron chi connectivity index (χ0n) is 15.3. The van der Waals surface area contributed by atoms with Crippen molar-refractivity contribution in [2.75, 3.05) is 18.8 Å². The van der Waals surface area contributed by atoms with Crippen LogP contribution in [0.4, 0.5) is 0 Å². The number of likely N-dealkylation sites (tertiary alicyclic amines) is 1. The second-order valence-corrected chi connectivity index (χ2v) is 9.02. The highest BCUT2D eigenvalue weighted by Crippen LogP contribution is 2.35. The molecule has 2 heterocycles. The number of hydrogen-bond acceptors (Lipinski definition) is 3. The molecule has 1 atom stereocenters. The van der Waals surface area contributed by atoms with Gasteiger partial charge in [-0.25, -0.2) is 4.98 Å². The lowest BCUT2D eigenvalue weighted by molar-refractivity contribution is -0.130. The third-order valence-electron chi connectivity index (χ3n) is 5.57. The van der Waals surface area contributed by atoms with Gasteiger partial charge in [-0.05, 0) is 67.7 Å². The molecule has 0 radical (unpaired) electrons. The van der Waals surface area contributed by atoms with Gasteiger partial charge < -0.3 is 4.90 Å². The van der Waals surface area contributed by atoms with Crippen molar-refractivity contribution >= 4 is 40.2 Å². The normalized spacial score (nSPS) is 20.2. The quantitative estimate of drug-likeness (QED) is 0.684. The summed E-state index contributed by atoms with van der Waals surface area (Å²) in [6, 6.07) is 6.00. The molecule has 1 amide bonds. The number of thioether (sulfide) groups is 1. The lowest BCUT2D eigenvalue weighted by atomic mass is 9.90. The molecule has 2 aliphatic rings. The van der Waals surface area contributed by atoms with Gasteiger partial charge in [0, 0.05) is 23.5 Å². The van der Waals surface area contributed by atoms with E-state index in [0.29, 0.717) is 11.7 Å². The Kier molecular flexibility index (Phi) is 5.42. The van der Waals surface area contributed by atoms with Crippen molar-refractivity contribution in [3.8, 4) is 0 Å². The van der Waals surface area contributed by atoms with Crippen LogP contribution in [-0.2, 0) is 17.6 Å². The molecule has 4 rings (SSSR count). The van der Waals surface area contributed by atoms with Gasteiger partial charge in [0.1, 0.15) is 5.03 Å². The minimum Gasteiger partial charge on any atom is -0.342 e. The minimum atomic E-state index is 0.249. The second kappa shape index (κ2) is 7.77. The maximum absolute atomic E-state index is 12.7. The average Bonchev–Trinajstić information content (AvgIpc) is 2.65. The van der Waals surface area contributed by atoms with Crippen LogP contribution in [-0.4, -0.2) is 34.6 Å². The molecule has 1 aromatic heterocycles. The molecule has 2 aromatic rings. The van der Waals surface area contributed by atoms with Crippen molar-refractivity contribution in [2.24, 2.45) is 5.92 Å². The van der Waals surface area contributed by atoms with Crippen LogP contribution in [0, 0.1) is 5.92 Å². The molecule has 1 aromatic carbocycles. The van der Waals surface area contributed by atoms with E-state index in [2.05, 4.69) is 13.0 Å². The Balaban J connectivity index is 1.58. The van der Waals surface area contributed by atoms with Crippen molar-refractivity contribution in [3.05, 3.63) is 34.3 Å². The van der Waals surface area contributed by atoms with Crippen LogP contribution >= 0.6 is 23.4 Å². The summed E-state index contributed by atoms with van der Waals surface area (Å²) in [4.78, 5) is 19.6. The van der Waals surface area contributed by atoms with Crippen molar-refractivity contribution in [1.29, 1.82) is 0 Å². The first-order valence-corrected chi connectivity index (χ1v) is 11.0. The number of pyridine rings is 1. The van der Waals surface area contributed by atoms with Crippen molar-refractivity contribution in [3.63, 3.8) is 0 Å². The van der Waals surface area contributed by atoms with E-state index < -0.39 is 0 Å². The van der Waals surface area contributed by atoms with Gasteiger partial charge in [-0.15, -0.1) is 0 Å². The van der Waals surface area contributed by atoms with E-state index in [1.54, 1.807) is 11.8 Å². The van der Waals surface area contributed by atoms with E-state index in [-0.39, 0.29) is 5.91 Å². The smallest absolute Gasteiger partial charge is 0.232 e. The SMILES string of the molecule is CC1CCCN(C(=O)CSc2nc3cc(Cl)ccc3c3c2CCCC3)C1. The number of piperidine rings is 1. The first-order valence-electron chi connectivity index (χ1n) is 9.63. The summed E-state index contributed by atoms with van der Waals surface area (Å²) in [5.41, 5.74) is 3.73. The molecule has 0 spiro atoms. The summed E-state index contributed by atoms with van der Waals surface area (Å²) in [7, 11) is 0. The molecule has 5 heteroatoms. The average molecular weight is 389 g/mol. The molecular weight excluding hydrogens is 364 g/mol. The van der Waals surface area contributed by atoms with E-state index in [1.165, 1.54) is 35.8 Å². The minimum absolute atomic E-state index is 0.249. The van der Waals surface area contributed by atoms with Gasteiger partial charge in [0.15, 0.2) is 0 Å². The molecule has 1 unspecified atom stereocenters. The third-order valence-corrected chi connectivity index (χ3v) is 6.81. The first kappa shape index (κ1) is 18.1. The number of fused-ring (bicyclic) bond motifs is 3. The highest BCUT2D eigenvalue weighted by molar-refractivity contribution is 7.99. The molecule has 1 saturated heterocycles. The molecule has 1 aliphatic heterocycles. The lowest BCUT2D eigenvalue weighted by Crippen LogP contribution is -2.40. The predicted molar refractivity (Wildman–Crippen MR) is 109 cm³/mol. The van der Waals surface area contributed by atoms with E-state index in [9.17, 15) is 4.79 Å².